The fraction of sp³-hybridized carbons (Fsp3) is 0.391. The standard InChI is InChI=1S/C23H26N2O4S/c1-16(2)30(28,29)21-12-11-17(24-13-7-3-4-8-14-24)15-20(21)25-22(26)18-9-5-6-10-19(18)23(25)27/h5-6,9-12,15-16H,3-4,7-8,13-14H2,1-2H3. The normalized spacial score (nSPS) is 17.4. The van der Waals surface area contributed by atoms with Gasteiger partial charge < -0.3 is 4.90 Å². The quantitative estimate of drug-likeness (QED) is 0.690. The average Bonchev–Trinajstić information content (AvgIpc) is 2.91. The summed E-state index contributed by atoms with van der Waals surface area (Å²) in [6.45, 7) is 4.95. The molecule has 7 heteroatoms. The van der Waals surface area contributed by atoms with Gasteiger partial charge in [-0.3, -0.25) is 9.59 Å². The molecule has 2 aliphatic rings. The van der Waals surface area contributed by atoms with E-state index in [1.807, 2.05) is 0 Å². The zero-order chi connectivity index (χ0) is 21.5. The molecule has 0 aromatic heterocycles. The highest BCUT2D eigenvalue weighted by Gasteiger charge is 2.39. The van der Waals surface area contributed by atoms with Crippen molar-refractivity contribution in [3.63, 3.8) is 0 Å². The smallest absolute Gasteiger partial charge is 0.266 e. The zero-order valence-electron chi connectivity index (χ0n) is 17.3. The Morgan fingerprint density at radius 2 is 1.40 bits per heavy atom. The van der Waals surface area contributed by atoms with E-state index in [0.29, 0.717) is 11.1 Å². The number of hydrogen-bond acceptors (Lipinski definition) is 5. The third-order valence-corrected chi connectivity index (χ3v) is 8.08. The summed E-state index contributed by atoms with van der Waals surface area (Å²) in [6, 6.07) is 11.6. The lowest BCUT2D eigenvalue weighted by Crippen LogP contribution is -2.32. The van der Waals surface area contributed by atoms with Gasteiger partial charge in [-0.15, -0.1) is 0 Å². The molecule has 0 saturated carbocycles. The van der Waals surface area contributed by atoms with Crippen molar-refractivity contribution in [1.82, 2.24) is 0 Å². The van der Waals surface area contributed by atoms with Crippen LogP contribution in [-0.2, 0) is 9.84 Å². The molecule has 1 saturated heterocycles. The first kappa shape index (κ1) is 20.6. The highest BCUT2D eigenvalue weighted by Crippen LogP contribution is 2.37. The van der Waals surface area contributed by atoms with E-state index < -0.39 is 26.9 Å². The Morgan fingerprint density at radius 3 is 1.93 bits per heavy atom. The topological polar surface area (TPSA) is 74.8 Å². The van der Waals surface area contributed by atoms with Crippen LogP contribution in [0.4, 0.5) is 11.4 Å². The van der Waals surface area contributed by atoms with E-state index in [4.69, 9.17) is 0 Å². The Morgan fingerprint density at radius 1 is 0.833 bits per heavy atom. The number of carbonyl (C=O) groups is 2. The molecule has 30 heavy (non-hydrogen) atoms. The van der Waals surface area contributed by atoms with Crippen molar-refractivity contribution in [2.75, 3.05) is 22.9 Å². The van der Waals surface area contributed by atoms with Crippen LogP contribution < -0.4 is 9.80 Å². The summed E-state index contributed by atoms with van der Waals surface area (Å²) in [6.07, 6.45) is 4.46. The number of rotatable bonds is 4. The van der Waals surface area contributed by atoms with Crippen LogP contribution in [0, 0.1) is 0 Å². The van der Waals surface area contributed by atoms with E-state index in [9.17, 15) is 18.0 Å². The van der Waals surface area contributed by atoms with Gasteiger partial charge in [-0.05, 0) is 57.0 Å². The molecule has 2 heterocycles. The minimum atomic E-state index is -3.70. The van der Waals surface area contributed by atoms with E-state index in [1.54, 1.807) is 56.3 Å². The van der Waals surface area contributed by atoms with Crippen LogP contribution in [0.1, 0.15) is 60.2 Å². The highest BCUT2D eigenvalue weighted by atomic mass is 32.2. The predicted octanol–water partition coefficient (Wildman–Crippen LogP) is 4.05. The number of amides is 2. The second-order valence-corrected chi connectivity index (χ2v) is 10.6. The van der Waals surface area contributed by atoms with Gasteiger partial charge in [-0.1, -0.05) is 25.0 Å². The summed E-state index contributed by atoms with van der Waals surface area (Å²) < 4.78 is 26.2. The SMILES string of the molecule is CC(C)S(=O)(=O)c1ccc(N2CCCCCC2)cc1N1C(=O)c2ccccc2C1=O. The van der Waals surface area contributed by atoms with Crippen molar-refractivity contribution in [3.8, 4) is 0 Å². The molecule has 0 N–H and O–H groups in total. The summed E-state index contributed by atoms with van der Waals surface area (Å²) >= 11 is 0. The van der Waals surface area contributed by atoms with Crippen LogP contribution in [0.15, 0.2) is 47.4 Å². The van der Waals surface area contributed by atoms with Gasteiger partial charge in [-0.25, -0.2) is 13.3 Å². The van der Waals surface area contributed by atoms with Crippen LogP contribution in [0.25, 0.3) is 0 Å². The van der Waals surface area contributed by atoms with Crippen molar-refractivity contribution in [2.24, 2.45) is 0 Å². The Balaban J connectivity index is 1.87. The number of sulfone groups is 1. The largest absolute Gasteiger partial charge is 0.371 e. The van der Waals surface area contributed by atoms with E-state index in [1.165, 1.54) is 12.8 Å². The van der Waals surface area contributed by atoms with Crippen molar-refractivity contribution < 1.29 is 18.0 Å². The number of hydrogen-bond donors (Lipinski definition) is 0. The minimum Gasteiger partial charge on any atom is -0.371 e. The molecule has 2 aromatic carbocycles. The summed E-state index contributed by atoms with van der Waals surface area (Å²) in [5.74, 6) is -0.965. The van der Waals surface area contributed by atoms with Crippen molar-refractivity contribution in [3.05, 3.63) is 53.6 Å². The third-order valence-electron chi connectivity index (χ3n) is 5.88. The summed E-state index contributed by atoms with van der Waals surface area (Å²) in [7, 11) is -3.70. The van der Waals surface area contributed by atoms with E-state index in [-0.39, 0.29) is 10.6 Å². The molecule has 6 nitrogen and oxygen atoms in total. The maximum Gasteiger partial charge on any atom is 0.266 e. The molecule has 0 atom stereocenters. The minimum absolute atomic E-state index is 0.0191. The molecule has 158 valence electrons. The molecule has 0 unspecified atom stereocenters. The molecule has 2 amide bonds. The first-order chi connectivity index (χ1) is 14.3. The Hall–Kier alpha value is -2.67. The van der Waals surface area contributed by atoms with E-state index in [0.717, 1.165) is 36.5 Å². The van der Waals surface area contributed by atoms with Gasteiger partial charge in [0.25, 0.3) is 11.8 Å². The van der Waals surface area contributed by atoms with Crippen molar-refractivity contribution >= 4 is 33.0 Å². The van der Waals surface area contributed by atoms with Gasteiger partial charge >= 0.3 is 0 Å². The lowest BCUT2D eigenvalue weighted by molar-refractivity contribution is 0.0925. The van der Waals surface area contributed by atoms with Gasteiger partial charge in [0, 0.05) is 18.8 Å². The van der Waals surface area contributed by atoms with Crippen LogP contribution in [0.5, 0.6) is 0 Å². The maximum absolute atomic E-state index is 13.1. The number of benzene rings is 2. The van der Waals surface area contributed by atoms with Crippen LogP contribution in [-0.4, -0.2) is 38.6 Å². The summed E-state index contributed by atoms with van der Waals surface area (Å²) in [4.78, 5) is 29.4. The van der Waals surface area contributed by atoms with Gasteiger partial charge in [0.1, 0.15) is 0 Å². The monoisotopic (exact) mass is 426 g/mol. The fourth-order valence-corrected chi connectivity index (χ4v) is 5.32. The van der Waals surface area contributed by atoms with Crippen LogP contribution in [0.2, 0.25) is 0 Å². The lowest BCUT2D eigenvalue weighted by atomic mass is 10.1. The maximum atomic E-state index is 13.1. The molecule has 2 aromatic rings. The Kier molecular flexibility index (Phi) is 5.40. The molecule has 0 bridgehead atoms. The average molecular weight is 427 g/mol. The second kappa shape index (κ2) is 7.87. The Bertz CT molecular complexity index is 1060. The molecule has 0 aliphatic carbocycles. The Labute approximate surface area is 177 Å². The van der Waals surface area contributed by atoms with Gasteiger partial charge in [0.05, 0.1) is 27.0 Å². The number of carbonyl (C=O) groups excluding carboxylic acids is 2. The van der Waals surface area contributed by atoms with Gasteiger partial charge in [0.2, 0.25) is 0 Å². The summed E-state index contributed by atoms with van der Waals surface area (Å²) in [5, 5.41) is -0.671. The zero-order valence-corrected chi connectivity index (χ0v) is 18.1. The van der Waals surface area contributed by atoms with E-state index in [2.05, 4.69) is 4.90 Å². The van der Waals surface area contributed by atoms with E-state index >= 15 is 0 Å². The molecule has 0 radical (unpaired) electrons. The first-order valence-corrected chi connectivity index (χ1v) is 12.0. The van der Waals surface area contributed by atoms with Gasteiger partial charge in [-0.2, -0.15) is 0 Å². The molecule has 2 aliphatic heterocycles. The number of imide groups is 1. The second-order valence-electron chi connectivity index (χ2n) is 8.14. The highest BCUT2D eigenvalue weighted by molar-refractivity contribution is 7.92. The fourth-order valence-electron chi connectivity index (χ4n) is 4.11. The third kappa shape index (κ3) is 3.41. The predicted molar refractivity (Wildman–Crippen MR) is 117 cm³/mol. The molecule has 4 rings (SSSR count). The molecular formula is C23H26N2O4S. The first-order valence-electron chi connectivity index (χ1n) is 10.4. The molecular weight excluding hydrogens is 400 g/mol. The number of anilines is 2. The lowest BCUT2D eigenvalue weighted by Gasteiger charge is -2.26. The van der Waals surface area contributed by atoms with Crippen molar-refractivity contribution in [1.29, 1.82) is 0 Å². The van der Waals surface area contributed by atoms with Crippen molar-refractivity contribution in [2.45, 2.75) is 49.7 Å². The molecule has 0 spiro atoms. The number of fused-ring (bicyclic) bond motifs is 1. The van der Waals surface area contributed by atoms with Crippen LogP contribution >= 0.6 is 0 Å². The summed E-state index contributed by atoms with van der Waals surface area (Å²) in [5.41, 5.74) is 1.59. The molecule has 1 fully saturated rings. The number of nitrogens with zero attached hydrogens (tertiary/aromatic N) is 2. The van der Waals surface area contributed by atoms with Gasteiger partial charge in [0.15, 0.2) is 9.84 Å². The van der Waals surface area contributed by atoms with Crippen LogP contribution in [0.3, 0.4) is 0 Å².